The zero-order chi connectivity index (χ0) is 24.1. The number of benzene rings is 2. The Morgan fingerprint density at radius 3 is 2.64 bits per heavy atom. The lowest BCUT2D eigenvalue weighted by atomic mass is 10.1. The summed E-state index contributed by atoms with van der Waals surface area (Å²) < 4.78 is 46.8. The van der Waals surface area contributed by atoms with E-state index in [4.69, 9.17) is 27.9 Å². The van der Waals surface area contributed by atoms with Crippen LogP contribution >= 0.6 is 23.2 Å². The number of carbonyl (C=O) groups excluding carboxylic acids is 1. The molecule has 0 N–H and O–H groups in total. The third-order valence-electron chi connectivity index (χ3n) is 6.11. The van der Waals surface area contributed by atoms with Gasteiger partial charge in [-0.25, -0.2) is 4.98 Å². The predicted octanol–water partition coefficient (Wildman–Crippen LogP) is 5.66. The zero-order valence-electron chi connectivity index (χ0n) is 18.3. The Hall–Kier alpha value is -2.29. The van der Waals surface area contributed by atoms with Gasteiger partial charge in [0.2, 0.25) is 0 Å². The number of aromatic nitrogens is 2. The third-order valence-corrected chi connectivity index (χ3v) is 6.90. The molecule has 10 heteroatoms. The minimum atomic E-state index is -4.46. The number of aryl methyl sites for hydroxylation is 2. The van der Waals surface area contributed by atoms with Crippen molar-refractivity contribution < 1.29 is 22.7 Å². The van der Waals surface area contributed by atoms with Crippen molar-refractivity contribution in [1.29, 1.82) is 0 Å². The van der Waals surface area contributed by atoms with Gasteiger partial charge in [-0.15, -0.1) is 0 Å². The monoisotopic (exact) mass is 499 g/mol. The molecule has 2 heterocycles. The van der Waals surface area contributed by atoms with Gasteiger partial charge < -0.3 is 14.2 Å². The van der Waals surface area contributed by atoms with Crippen LogP contribution < -0.4 is 0 Å². The van der Waals surface area contributed by atoms with E-state index in [1.165, 1.54) is 0 Å². The van der Waals surface area contributed by atoms with E-state index in [1.807, 2.05) is 0 Å². The molecule has 5 nitrogen and oxygen atoms in total. The van der Waals surface area contributed by atoms with Crippen molar-refractivity contribution in [2.24, 2.45) is 7.05 Å². The van der Waals surface area contributed by atoms with E-state index in [2.05, 4.69) is 4.98 Å². The molecule has 0 bridgehead atoms. The van der Waals surface area contributed by atoms with Gasteiger partial charge in [0.1, 0.15) is 5.82 Å². The van der Waals surface area contributed by atoms with Crippen molar-refractivity contribution in [3.05, 3.63) is 62.4 Å². The van der Waals surface area contributed by atoms with Crippen LogP contribution in [0, 0.1) is 6.92 Å². The van der Waals surface area contributed by atoms with Crippen molar-refractivity contribution in [2.45, 2.75) is 32.0 Å². The standard InChI is InChI=1S/C23H22Cl2F3N3O2/c1-12-8-13(23(26,27)28)9-18-21(12)29-19(30(18)2)10-16-17(24)5-4-15(20(16)25)22(32)31-7-6-14(11-31)33-3/h4-5,8-9,14H,6-7,10-11H2,1-3H3. The molecule has 3 aromatic rings. The van der Waals surface area contributed by atoms with E-state index in [-0.39, 0.29) is 23.5 Å². The van der Waals surface area contributed by atoms with Crippen LogP contribution in [0.25, 0.3) is 11.0 Å². The number of fused-ring (bicyclic) bond motifs is 1. The Labute approximate surface area is 199 Å². The maximum atomic E-state index is 13.3. The lowest BCUT2D eigenvalue weighted by Gasteiger charge is -2.18. The number of hydrogen-bond donors (Lipinski definition) is 0. The summed E-state index contributed by atoms with van der Waals surface area (Å²) in [5.41, 5.74) is 1.35. The molecule has 1 aliphatic heterocycles. The van der Waals surface area contributed by atoms with Gasteiger partial charge in [0.25, 0.3) is 5.91 Å². The van der Waals surface area contributed by atoms with Gasteiger partial charge in [-0.2, -0.15) is 13.2 Å². The molecule has 1 aromatic heterocycles. The van der Waals surface area contributed by atoms with Gasteiger partial charge in [-0.1, -0.05) is 23.2 Å². The van der Waals surface area contributed by atoms with Crippen molar-refractivity contribution in [3.8, 4) is 0 Å². The van der Waals surface area contributed by atoms with Crippen LogP contribution in [0.2, 0.25) is 10.0 Å². The first kappa shape index (κ1) is 23.9. The second kappa shape index (κ2) is 8.81. The maximum Gasteiger partial charge on any atom is 0.416 e. The molecule has 0 aliphatic carbocycles. The van der Waals surface area contributed by atoms with E-state index >= 15 is 0 Å². The summed E-state index contributed by atoms with van der Waals surface area (Å²) >= 11 is 13.0. The molecule has 0 radical (unpaired) electrons. The summed E-state index contributed by atoms with van der Waals surface area (Å²) in [5, 5.41) is 0.570. The van der Waals surface area contributed by atoms with Crippen LogP contribution in [0.15, 0.2) is 24.3 Å². The van der Waals surface area contributed by atoms with E-state index in [0.29, 0.717) is 51.7 Å². The fourth-order valence-electron chi connectivity index (χ4n) is 4.19. The zero-order valence-corrected chi connectivity index (χ0v) is 19.8. The van der Waals surface area contributed by atoms with E-state index in [9.17, 15) is 18.0 Å². The number of alkyl halides is 3. The van der Waals surface area contributed by atoms with Gasteiger partial charge in [0.05, 0.1) is 33.3 Å². The van der Waals surface area contributed by atoms with E-state index in [0.717, 1.165) is 18.6 Å². The lowest BCUT2D eigenvalue weighted by molar-refractivity contribution is -0.137. The molecule has 176 valence electrons. The van der Waals surface area contributed by atoms with Crippen LogP contribution in [-0.2, 0) is 24.4 Å². The van der Waals surface area contributed by atoms with Crippen molar-refractivity contribution in [2.75, 3.05) is 20.2 Å². The minimum absolute atomic E-state index is 0.00989. The fraction of sp³-hybridized carbons (Fsp3) is 0.391. The fourth-order valence-corrected chi connectivity index (χ4v) is 4.77. The Kier molecular flexibility index (Phi) is 6.37. The molecule has 1 saturated heterocycles. The topological polar surface area (TPSA) is 47.4 Å². The van der Waals surface area contributed by atoms with E-state index < -0.39 is 11.7 Å². The van der Waals surface area contributed by atoms with E-state index in [1.54, 1.807) is 42.7 Å². The Bertz CT molecular complexity index is 1240. The number of halogens is 5. The van der Waals surface area contributed by atoms with Gasteiger partial charge in [0.15, 0.2) is 0 Å². The Balaban J connectivity index is 1.71. The number of methoxy groups -OCH3 is 1. The quantitative estimate of drug-likeness (QED) is 0.465. The van der Waals surface area contributed by atoms with Crippen LogP contribution in [-0.4, -0.2) is 46.7 Å². The lowest BCUT2D eigenvalue weighted by Crippen LogP contribution is -2.30. The maximum absolute atomic E-state index is 13.3. The van der Waals surface area contributed by atoms with Crippen LogP contribution in [0.4, 0.5) is 13.2 Å². The average Bonchev–Trinajstić information content (AvgIpc) is 3.36. The molecule has 4 rings (SSSR count). The normalized spacial score (nSPS) is 16.7. The third kappa shape index (κ3) is 4.44. The molecular weight excluding hydrogens is 478 g/mol. The molecule has 1 fully saturated rings. The van der Waals surface area contributed by atoms with Crippen molar-refractivity contribution in [3.63, 3.8) is 0 Å². The van der Waals surface area contributed by atoms with Crippen LogP contribution in [0.5, 0.6) is 0 Å². The largest absolute Gasteiger partial charge is 0.416 e. The first-order valence-corrected chi connectivity index (χ1v) is 11.1. The Morgan fingerprint density at radius 2 is 2.00 bits per heavy atom. The highest BCUT2D eigenvalue weighted by Crippen LogP contribution is 2.35. The number of amides is 1. The van der Waals surface area contributed by atoms with Crippen molar-refractivity contribution in [1.82, 2.24) is 14.5 Å². The molecule has 0 spiro atoms. The number of hydrogen-bond acceptors (Lipinski definition) is 3. The highest BCUT2D eigenvalue weighted by molar-refractivity contribution is 6.38. The number of likely N-dealkylation sites (tertiary alicyclic amines) is 1. The van der Waals surface area contributed by atoms with Crippen LogP contribution in [0.1, 0.15) is 39.3 Å². The highest BCUT2D eigenvalue weighted by Gasteiger charge is 2.32. The first-order valence-electron chi connectivity index (χ1n) is 10.3. The molecular formula is C23H22Cl2F3N3O2. The first-order chi connectivity index (χ1) is 15.5. The summed E-state index contributed by atoms with van der Waals surface area (Å²) in [6, 6.07) is 5.37. The average molecular weight is 500 g/mol. The summed E-state index contributed by atoms with van der Waals surface area (Å²) in [5.74, 6) is 0.273. The number of rotatable bonds is 4. The molecule has 33 heavy (non-hydrogen) atoms. The second-order valence-corrected chi connectivity index (χ2v) is 8.99. The minimum Gasteiger partial charge on any atom is -0.380 e. The van der Waals surface area contributed by atoms with Gasteiger partial charge >= 0.3 is 6.18 Å². The number of ether oxygens (including phenoxy) is 1. The summed E-state index contributed by atoms with van der Waals surface area (Å²) in [7, 11) is 3.26. The highest BCUT2D eigenvalue weighted by atomic mass is 35.5. The SMILES string of the molecule is COC1CCN(C(=O)c2ccc(Cl)c(Cc3nc4c(C)cc(C(F)(F)F)cc4n3C)c2Cl)C1. The number of imidazole rings is 1. The molecule has 1 unspecified atom stereocenters. The summed E-state index contributed by atoms with van der Waals surface area (Å²) in [4.78, 5) is 19.3. The van der Waals surface area contributed by atoms with Gasteiger partial charge in [-0.05, 0) is 48.7 Å². The summed E-state index contributed by atoms with van der Waals surface area (Å²) in [6.45, 7) is 2.64. The summed E-state index contributed by atoms with van der Waals surface area (Å²) in [6.07, 6.45) is -3.56. The van der Waals surface area contributed by atoms with Gasteiger partial charge in [-0.3, -0.25) is 4.79 Å². The molecule has 1 aliphatic rings. The smallest absolute Gasteiger partial charge is 0.380 e. The molecule has 1 amide bonds. The van der Waals surface area contributed by atoms with Gasteiger partial charge in [0, 0.05) is 38.7 Å². The number of nitrogens with zero attached hydrogens (tertiary/aromatic N) is 3. The Morgan fingerprint density at radius 1 is 1.27 bits per heavy atom. The predicted molar refractivity (Wildman–Crippen MR) is 121 cm³/mol. The molecule has 2 aromatic carbocycles. The molecule has 0 saturated carbocycles. The second-order valence-electron chi connectivity index (χ2n) is 8.21. The number of carbonyl (C=O) groups is 1. The molecule has 1 atom stereocenters. The van der Waals surface area contributed by atoms with Crippen molar-refractivity contribution >= 4 is 40.1 Å². The van der Waals surface area contributed by atoms with Crippen LogP contribution in [0.3, 0.4) is 0 Å².